The molecule has 2 aromatic carbocycles. The second kappa shape index (κ2) is 8.49. The quantitative estimate of drug-likeness (QED) is 0.444. The van der Waals surface area contributed by atoms with Gasteiger partial charge in [0.1, 0.15) is 11.0 Å². The number of nitrogens with one attached hydrogen (secondary N) is 1. The summed E-state index contributed by atoms with van der Waals surface area (Å²) in [4.78, 5) is 13.1. The summed E-state index contributed by atoms with van der Waals surface area (Å²) in [5.41, 5.74) is 2.87. The minimum Gasteiger partial charge on any atom is -0.467 e. The zero-order valence-corrected chi connectivity index (χ0v) is 18.4. The zero-order chi connectivity index (χ0) is 22.0. The zero-order valence-electron chi connectivity index (χ0n) is 16.8. The standard InChI is InChI=1S/C22H19ClN4O3S/c1-14-7-5-10-18-20(14)26-22(30-15(2)16-8-6-12-24-13-16)21(25-18)27-31(28,29)19-11-4-3-9-17(19)23/h3-13,15H,1-2H3,(H,25,27). The van der Waals surface area contributed by atoms with Crippen LogP contribution in [0.1, 0.15) is 24.2 Å². The molecule has 0 bridgehead atoms. The molecule has 31 heavy (non-hydrogen) atoms. The minimum absolute atomic E-state index is 0.0197. The van der Waals surface area contributed by atoms with Crippen molar-refractivity contribution < 1.29 is 13.2 Å². The topological polar surface area (TPSA) is 94.1 Å². The fourth-order valence-electron chi connectivity index (χ4n) is 3.05. The number of fused-ring (bicyclic) bond motifs is 1. The number of sulfonamides is 1. The molecule has 0 spiro atoms. The van der Waals surface area contributed by atoms with Gasteiger partial charge in [0.2, 0.25) is 5.82 Å². The number of anilines is 1. The van der Waals surface area contributed by atoms with Crippen molar-refractivity contribution in [3.63, 3.8) is 0 Å². The van der Waals surface area contributed by atoms with Gasteiger partial charge in [-0.2, -0.15) is 0 Å². The Morgan fingerprint density at radius 2 is 1.84 bits per heavy atom. The highest BCUT2D eigenvalue weighted by Crippen LogP contribution is 2.31. The molecule has 1 unspecified atom stereocenters. The molecule has 0 saturated carbocycles. The molecule has 0 saturated heterocycles. The number of ether oxygens (including phenoxy) is 1. The van der Waals surface area contributed by atoms with Crippen molar-refractivity contribution in [1.29, 1.82) is 0 Å². The summed E-state index contributed by atoms with van der Waals surface area (Å²) in [5.74, 6) is 0.0440. The number of pyridine rings is 1. The molecule has 1 atom stereocenters. The van der Waals surface area contributed by atoms with E-state index in [0.717, 1.165) is 11.1 Å². The minimum atomic E-state index is -4.02. The van der Waals surface area contributed by atoms with E-state index in [1.165, 1.54) is 12.1 Å². The molecule has 4 aromatic rings. The van der Waals surface area contributed by atoms with E-state index in [9.17, 15) is 8.42 Å². The van der Waals surface area contributed by atoms with E-state index in [2.05, 4.69) is 19.7 Å². The lowest BCUT2D eigenvalue weighted by Gasteiger charge is -2.18. The lowest BCUT2D eigenvalue weighted by atomic mass is 10.2. The summed E-state index contributed by atoms with van der Waals surface area (Å²) in [7, 11) is -4.02. The number of benzene rings is 2. The highest BCUT2D eigenvalue weighted by Gasteiger charge is 2.23. The number of rotatable bonds is 6. The normalized spacial score (nSPS) is 12.5. The summed E-state index contributed by atoms with van der Waals surface area (Å²) in [5, 5.41) is 0.103. The van der Waals surface area contributed by atoms with Gasteiger partial charge >= 0.3 is 0 Å². The molecule has 9 heteroatoms. The number of nitrogens with zero attached hydrogens (tertiary/aromatic N) is 3. The molecular formula is C22H19ClN4O3S. The van der Waals surface area contributed by atoms with Gasteiger partial charge in [-0.25, -0.2) is 18.4 Å². The van der Waals surface area contributed by atoms with Crippen molar-refractivity contribution in [2.45, 2.75) is 24.8 Å². The van der Waals surface area contributed by atoms with E-state index in [1.807, 2.05) is 32.0 Å². The molecule has 7 nitrogen and oxygen atoms in total. The maximum absolute atomic E-state index is 13.0. The van der Waals surface area contributed by atoms with Crippen molar-refractivity contribution in [3.8, 4) is 5.88 Å². The SMILES string of the molecule is Cc1cccc2nc(NS(=O)(=O)c3ccccc3Cl)c(OC(C)c3cccnc3)nc12. The summed E-state index contributed by atoms with van der Waals surface area (Å²) in [6, 6.07) is 15.3. The van der Waals surface area contributed by atoms with E-state index in [-0.39, 0.29) is 21.6 Å². The van der Waals surface area contributed by atoms with Gasteiger partial charge in [-0.05, 0) is 43.7 Å². The molecule has 0 aliphatic rings. The Hall–Kier alpha value is -3.23. The van der Waals surface area contributed by atoms with Crippen molar-refractivity contribution in [2.75, 3.05) is 4.72 Å². The average Bonchev–Trinajstić information content (AvgIpc) is 2.75. The Bertz CT molecular complexity index is 1350. The molecule has 1 N–H and O–H groups in total. The number of halogens is 1. The van der Waals surface area contributed by atoms with Crippen LogP contribution >= 0.6 is 11.6 Å². The van der Waals surface area contributed by atoms with Gasteiger partial charge in [0.25, 0.3) is 15.9 Å². The van der Waals surface area contributed by atoms with Crippen molar-refractivity contribution >= 4 is 38.5 Å². The van der Waals surface area contributed by atoms with Crippen LogP contribution in [0.2, 0.25) is 5.02 Å². The van der Waals surface area contributed by atoms with Crippen molar-refractivity contribution in [1.82, 2.24) is 15.0 Å². The van der Waals surface area contributed by atoms with E-state index >= 15 is 0 Å². The Labute approximate surface area is 185 Å². The number of hydrogen-bond donors (Lipinski definition) is 1. The molecule has 0 amide bonds. The summed E-state index contributed by atoms with van der Waals surface area (Å²) in [6.45, 7) is 3.73. The van der Waals surface area contributed by atoms with Gasteiger partial charge in [0.15, 0.2) is 0 Å². The van der Waals surface area contributed by atoms with Gasteiger partial charge in [0.05, 0.1) is 16.1 Å². The first-order valence-electron chi connectivity index (χ1n) is 9.46. The number of hydrogen-bond acceptors (Lipinski definition) is 6. The predicted molar refractivity (Wildman–Crippen MR) is 120 cm³/mol. The van der Waals surface area contributed by atoms with E-state index in [4.69, 9.17) is 16.3 Å². The van der Waals surface area contributed by atoms with Crippen LogP contribution in [0.3, 0.4) is 0 Å². The molecule has 0 aliphatic heterocycles. The first-order chi connectivity index (χ1) is 14.8. The lowest BCUT2D eigenvalue weighted by Crippen LogP contribution is -2.17. The Balaban J connectivity index is 1.79. The van der Waals surface area contributed by atoms with Gasteiger partial charge in [0, 0.05) is 18.0 Å². The van der Waals surface area contributed by atoms with Crippen LogP contribution in [-0.2, 0) is 10.0 Å². The van der Waals surface area contributed by atoms with Crippen molar-refractivity contribution in [3.05, 3.63) is 83.1 Å². The fourth-order valence-corrected chi connectivity index (χ4v) is 4.57. The maximum Gasteiger partial charge on any atom is 0.264 e. The molecular weight excluding hydrogens is 436 g/mol. The molecule has 158 valence electrons. The maximum atomic E-state index is 13.0. The second-order valence-corrected chi connectivity index (χ2v) is 8.96. The second-order valence-electron chi connectivity index (χ2n) is 6.90. The Morgan fingerprint density at radius 1 is 1.03 bits per heavy atom. The number of aryl methyl sites for hydroxylation is 1. The van der Waals surface area contributed by atoms with Crippen LogP contribution < -0.4 is 9.46 Å². The third kappa shape index (κ3) is 4.45. The number of aromatic nitrogens is 3. The molecule has 0 radical (unpaired) electrons. The summed E-state index contributed by atoms with van der Waals surface area (Å²) in [6.07, 6.45) is 2.91. The van der Waals surface area contributed by atoms with Crippen LogP contribution in [0, 0.1) is 6.92 Å². The molecule has 2 aromatic heterocycles. The lowest BCUT2D eigenvalue weighted by molar-refractivity contribution is 0.218. The smallest absolute Gasteiger partial charge is 0.264 e. The van der Waals surface area contributed by atoms with Crippen LogP contribution in [0.15, 0.2) is 71.9 Å². The average molecular weight is 455 g/mol. The highest BCUT2D eigenvalue weighted by molar-refractivity contribution is 7.92. The van der Waals surface area contributed by atoms with Crippen LogP contribution in [-0.4, -0.2) is 23.4 Å². The van der Waals surface area contributed by atoms with Gasteiger partial charge in [-0.15, -0.1) is 0 Å². The number of para-hydroxylation sites is 1. The fraction of sp³-hybridized carbons (Fsp3) is 0.136. The molecule has 2 heterocycles. The molecule has 0 aliphatic carbocycles. The van der Waals surface area contributed by atoms with E-state index in [1.54, 1.807) is 36.7 Å². The largest absolute Gasteiger partial charge is 0.467 e. The first-order valence-corrected chi connectivity index (χ1v) is 11.3. The Kier molecular flexibility index (Phi) is 5.75. The van der Waals surface area contributed by atoms with Gasteiger partial charge in [-0.3, -0.25) is 9.71 Å². The monoisotopic (exact) mass is 454 g/mol. The van der Waals surface area contributed by atoms with E-state index < -0.39 is 16.1 Å². The first kappa shape index (κ1) is 21.0. The Morgan fingerprint density at radius 3 is 2.58 bits per heavy atom. The van der Waals surface area contributed by atoms with Gasteiger partial charge in [-0.1, -0.05) is 41.9 Å². The summed E-state index contributed by atoms with van der Waals surface area (Å²) >= 11 is 6.10. The molecule has 0 fully saturated rings. The van der Waals surface area contributed by atoms with Crippen LogP contribution in [0.4, 0.5) is 5.82 Å². The van der Waals surface area contributed by atoms with Crippen LogP contribution in [0.5, 0.6) is 5.88 Å². The predicted octanol–water partition coefficient (Wildman–Crippen LogP) is 4.93. The van der Waals surface area contributed by atoms with Crippen molar-refractivity contribution in [2.24, 2.45) is 0 Å². The summed E-state index contributed by atoms with van der Waals surface area (Å²) < 4.78 is 34.5. The molecule has 4 rings (SSSR count). The third-order valence-electron chi connectivity index (χ3n) is 4.66. The van der Waals surface area contributed by atoms with Gasteiger partial charge < -0.3 is 4.74 Å². The van der Waals surface area contributed by atoms with E-state index in [0.29, 0.717) is 11.0 Å². The highest BCUT2D eigenvalue weighted by atomic mass is 35.5. The third-order valence-corrected chi connectivity index (χ3v) is 6.50. The van der Waals surface area contributed by atoms with Crippen LogP contribution in [0.25, 0.3) is 11.0 Å².